The molecule has 6 rings (SSSR count). The third kappa shape index (κ3) is 7.04. The first-order valence-corrected chi connectivity index (χ1v) is 17.0. The van der Waals surface area contributed by atoms with Crippen LogP contribution in [-0.4, -0.2) is 52.2 Å². The van der Waals surface area contributed by atoms with E-state index in [9.17, 15) is 9.90 Å². The lowest BCUT2D eigenvalue weighted by atomic mass is 9.93. The number of aromatic nitrogens is 1. The van der Waals surface area contributed by atoms with E-state index >= 15 is 0 Å². The molecule has 11 heteroatoms. The van der Waals surface area contributed by atoms with Crippen molar-refractivity contribution in [3.63, 3.8) is 0 Å². The van der Waals surface area contributed by atoms with Gasteiger partial charge in [0.25, 0.3) is 5.91 Å². The lowest BCUT2D eigenvalue weighted by molar-refractivity contribution is -0.128. The van der Waals surface area contributed by atoms with Crippen LogP contribution in [0.3, 0.4) is 0 Å². The highest BCUT2D eigenvalue weighted by Crippen LogP contribution is 2.42. The first-order chi connectivity index (χ1) is 20.8. The fourth-order valence-corrected chi connectivity index (χ4v) is 8.08. The van der Waals surface area contributed by atoms with Crippen molar-refractivity contribution in [3.05, 3.63) is 83.2 Å². The standard InChI is InChI=1S/C32H33Cl4N3O3S/c33-23-4-1-3-19(30(23)36)17-39(21-7-8-21)32(41)29-22(15-20-6-9-26(29)38-20)27-16-37-28(43-27)5-2-12-42-31-24(34)13-18(10-11-40)14-25(31)35/h1,3-4,13-14,16,20-21,26,38,40H,2,5-12,15,17H2/t20-,26+/m0/s1. The normalized spacial score (nSPS) is 19.7. The molecule has 1 aromatic heterocycles. The third-order valence-electron chi connectivity index (χ3n) is 8.31. The second-order valence-corrected chi connectivity index (χ2v) is 14.1. The zero-order valence-corrected chi connectivity index (χ0v) is 27.4. The molecule has 2 fully saturated rings. The Kier molecular flexibility index (Phi) is 9.89. The molecule has 3 aliphatic rings. The summed E-state index contributed by atoms with van der Waals surface area (Å²) in [7, 11) is 0. The van der Waals surface area contributed by atoms with Gasteiger partial charge < -0.3 is 20.1 Å². The van der Waals surface area contributed by atoms with Crippen molar-refractivity contribution in [3.8, 4) is 5.75 Å². The number of hydrogen-bond donors (Lipinski definition) is 2. The Morgan fingerprint density at radius 3 is 2.60 bits per heavy atom. The number of carbonyl (C=O) groups is 1. The lowest BCUT2D eigenvalue weighted by Gasteiger charge is -2.31. The van der Waals surface area contributed by atoms with Gasteiger partial charge in [0.05, 0.1) is 36.6 Å². The predicted molar refractivity (Wildman–Crippen MR) is 175 cm³/mol. The minimum absolute atomic E-state index is 0.0315. The predicted octanol–water partition coefficient (Wildman–Crippen LogP) is 7.77. The summed E-state index contributed by atoms with van der Waals surface area (Å²) < 4.78 is 5.91. The summed E-state index contributed by atoms with van der Waals surface area (Å²) in [6.45, 7) is 0.919. The molecule has 2 aromatic carbocycles. The Balaban J connectivity index is 1.16. The summed E-state index contributed by atoms with van der Waals surface area (Å²) in [6.07, 6.45) is 8.75. The zero-order valence-electron chi connectivity index (χ0n) is 23.6. The molecule has 1 saturated carbocycles. The molecule has 2 aliphatic heterocycles. The number of nitrogens with one attached hydrogen (secondary N) is 1. The molecule has 0 spiro atoms. The van der Waals surface area contributed by atoms with E-state index in [0.717, 1.165) is 77.1 Å². The number of carbonyl (C=O) groups excluding carboxylic acids is 1. The maximum Gasteiger partial charge on any atom is 0.252 e. The summed E-state index contributed by atoms with van der Waals surface area (Å²) in [5.74, 6) is 0.552. The van der Waals surface area contributed by atoms with Gasteiger partial charge in [-0.05, 0) is 79.8 Å². The smallest absolute Gasteiger partial charge is 0.252 e. The number of fused-ring (bicyclic) bond motifs is 2. The van der Waals surface area contributed by atoms with E-state index in [4.69, 9.17) is 56.1 Å². The summed E-state index contributed by atoms with van der Waals surface area (Å²) in [4.78, 5) is 22.1. The molecule has 2 N–H and O–H groups in total. The summed E-state index contributed by atoms with van der Waals surface area (Å²) >= 11 is 27.2. The molecule has 0 unspecified atom stereocenters. The monoisotopic (exact) mass is 679 g/mol. The van der Waals surface area contributed by atoms with Crippen LogP contribution in [0, 0.1) is 0 Å². The number of aryl methyl sites for hydroxylation is 1. The molecule has 43 heavy (non-hydrogen) atoms. The van der Waals surface area contributed by atoms with E-state index in [0.29, 0.717) is 51.5 Å². The van der Waals surface area contributed by atoms with E-state index < -0.39 is 0 Å². The average Bonchev–Trinajstić information content (AvgIpc) is 3.59. The Morgan fingerprint density at radius 1 is 1.07 bits per heavy atom. The Labute approximate surface area is 275 Å². The van der Waals surface area contributed by atoms with Crippen LogP contribution >= 0.6 is 57.7 Å². The van der Waals surface area contributed by atoms with Gasteiger partial charge in [-0.15, -0.1) is 11.3 Å². The van der Waals surface area contributed by atoms with E-state index in [-0.39, 0.29) is 24.6 Å². The second kappa shape index (κ2) is 13.7. The molecule has 3 heterocycles. The van der Waals surface area contributed by atoms with Crippen molar-refractivity contribution in [1.82, 2.24) is 15.2 Å². The molecule has 2 bridgehead atoms. The highest BCUT2D eigenvalue weighted by atomic mass is 35.5. The summed E-state index contributed by atoms with van der Waals surface area (Å²) in [6, 6.07) is 9.81. The molecular formula is C32H33Cl4N3O3S. The number of amides is 1. The van der Waals surface area contributed by atoms with Gasteiger partial charge in [-0.2, -0.15) is 0 Å². The minimum Gasteiger partial charge on any atom is -0.490 e. The number of nitrogens with zero attached hydrogens (tertiary/aromatic N) is 2. The lowest BCUT2D eigenvalue weighted by Crippen LogP contribution is -2.44. The van der Waals surface area contributed by atoms with E-state index in [1.807, 2.05) is 23.2 Å². The first kappa shape index (κ1) is 31.2. The highest BCUT2D eigenvalue weighted by molar-refractivity contribution is 7.12. The van der Waals surface area contributed by atoms with Gasteiger partial charge in [0.2, 0.25) is 0 Å². The van der Waals surface area contributed by atoms with E-state index in [1.54, 1.807) is 29.5 Å². The van der Waals surface area contributed by atoms with Crippen LogP contribution in [0.1, 0.15) is 59.5 Å². The van der Waals surface area contributed by atoms with Crippen LogP contribution in [0.15, 0.2) is 42.1 Å². The third-order valence-corrected chi connectivity index (χ3v) is 10.8. The maximum absolute atomic E-state index is 14.3. The van der Waals surface area contributed by atoms with E-state index in [2.05, 4.69) is 5.32 Å². The number of ether oxygens (including phenoxy) is 1. The van der Waals surface area contributed by atoms with Crippen LogP contribution in [-0.2, 0) is 24.2 Å². The number of benzene rings is 2. The molecule has 1 saturated heterocycles. The number of thiazole rings is 1. The van der Waals surface area contributed by atoms with Crippen LogP contribution in [0.25, 0.3) is 5.57 Å². The van der Waals surface area contributed by atoms with Crippen molar-refractivity contribution in [2.75, 3.05) is 13.2 Å². The topological polar surface area (TPSA) is 74.7 Å². The summed E-state index contributed by atoms with van der Waals surface area (Å²) in [5, 5.41) is 15.8. The zero-order chi connectivity index (χ0) is 30.1. The fraction of sp³-hybridized carbons (Fsp3) is 0.438. The van der Waals surface area contributed by atoms with Gasteiger partial charge in [-0.1, -0.05) is 58.5 Å². The Bertz CT molecular complexity index is 1520. The average molecular weight is 682 g/mol. The van der Waals surface area contributed by atoms with Gasteiger partial charge in [0.1, 0.15) is 0 Å². The van der Waals surface area contributed by atoms with Gasteiger partial charge in [-0.3, -0.25) is 4.79 Å². The van der Waals surface area contributed by atoms with E-state index in [1.165, 1.54) is 0 Å². The molecule has 1 aliphatic carbocycles. The molecule has 2 atom stereocenters. The van der Waals surface area contributed by atoms with Crippen LogP contribution in [0.5, 0.6) is 5.75 Å². The molecular weight excluding hydrogens is 648 g/mol. The Hall–Kier alpha value is -1.84. The Morgan fingerprint density at radius 2 is 1.86 bits per heavy atom. The quantitative estimate of drug-likeness (QED) is 0.191. The minimum atomic E-state index is 0.0315. The van der Waals surface area contributed by atoms with Crippen LogP contribution in [0.2, 0.25) is 20.1 Å². The fourth-order valence-electron chi connectivity index (χ4n) is 6.03. The number of aliphatic hydroxyl groups is 1. The SMILES string of the molecule is O=C(C1=C(c2cnc(CCCOc3c(Cl)cc(CCO)cc3Cl)s2)C[C@@H]2CC[C@H]1N2)N(Cc1cccc(Cl)c1Cl)C1CC1. The molecule has 3 aromatic rings. The number of halogens is 4. The summed E-state index contributed by atoms with van der Waals surface area (Å²) in [5.41, 5.74) is 3.75. The second-order valence-electron chi connectivity index (χ2n) is 11.4. The van der Waals surface area contributed by atoms with Crippen LogP contribution < -0.4 is 10.1 Å². The molecule has 228 valence electrons. The van der Waals surface area contributed by atoms with Gasteiger partial charge in [0, 0.05) is 49.5 Å². The number of hydrogen-bond acceptors (Lipinski definition) is 6. The molecule has 1 amide bonds. The van der Waals surface area contributed by atoms with Gasteiger partial charge in [0.15, 0.2) is 5.75 Å². The van der Waals surface area contributed by atoms with Crippen molar-refractivity contribution in [2.45, 2.75) is 76.0 Å². The van der Waals surface area contributed by atoms with Gasteiger partial charge in [-0.25, -0.2) is 4.98 Å². The maximum atomic E-state index is 14.3. The first-order valence-electron chi connectivity index (χ1n) is 14.7. The van der Waals surface area contributed by atoms with Crippen LogP contribution in [0.4, 0.5) is 0 Å². The van der Waals surface area contributed by atoms with Crippen molar-refractivity contribution in [2.24, 2.45) is 0 Å². The van der Waals surface area contributed by atoms with Gasteiger partial charge >= 0.3 is 0 Å². The van der Waals surface area contributed by atoms with Crippen molar-refractivity contribution in [1.29, 1.82) is 0 Å². The number of rotatable bonds is 12. The largest absolute Gasteiger partial charge is 0.490 e. The molecule has 6 nitrogen and oxygen atoms in total. The highest BCUT2D eigenvalue weighted by Gasteiger charge is 2.42. The van der Waals surface area contributed by atoms with Crippen molar-refractivity contribution >= 4 is 69.2 Å². The number of aliphatic hydroxyl groups excluding tert-OH is 1. The van der Waals surface area contributed by atoms with Crippen molar-refractivity contribution < 1.29 is 14.6 Å². The molecule has 0 radical (unpaired) electrons.